The Labute approximate surface area is 150 Å². The fourth-order valence-electron chi connectivity index (χ4n) is 2.01. The molecule has 2 aromatic rings. The molecule has 0 radical (unpaired) electrons. The van der Waals surface area contributed by atoms with E-state index >= 15 is 0 Å². The predicted molar refractivity (Wildman–Crippen MR) is 90.5 cm³/mol. The molecular weight excluding hydrogens is 401 g/mol. The van der Waals surface area contributed by atoms with Crippen LogP contribution >= 0.6 is 15.9 Å². The van der Waals surface area contributed by atoms with Crippen LogP contribution in [0.25, 0.3) is 6.08 Å². The Bertz CT molecular complexity index is 807. The molecule has 0 atom stereocenters. The van der Waals surface area contributed by atoms with Gasteiger partial charge in [-0.05, 0) is 48.0 Å². The van der Waals surface area contributed by atoms with Gasteiger partial charge in [-0.15, -0.1) is 0 Å². The molecule has 0 saturated heterocycles. The molecule has 130 valence electrons. The molecule has 0 fully saturated rings. The van der Waals surface area contributed by atoms with Gasteiger partial charge in [0.1, 0.15) is 5.75 Å². The first-order valence-corrected chi connectivity index (χ1v) is 7.79. The van der Waals surface area contributed by atoms with Crippen molar-refractivity contribution >= 4 is 33.6 Å². The SMILES string of the molecule is COc1ccc(/C=C(/C(=O)c2ccc(Br)cc2)C(=O)C(F)(F)F)cc1. The fourth-order valence-corrected chi connectivity index (χ4v) is 2.27. The minimum absolute atomic E-state index is 0.0134. The van der Waals surface area contributed by atoms with Crippen molar-refractivity contribution in [1.82, 2.24) is 0 Å². The summed E-state index contributed by atoms with van der Waals surface area (Å²) in [7, 11) is 1.44. The second-order valence-corrected chi connectivity index (χ2v) is 5.91. The molecule has 0 spiro atoms. The Morgan fingerprint density at radius 1 is 1.00 bits per heavy atom. The van der Waals surface area contributed by atoms with Crippen LogP contribution in [0.5, 0.6) is 5.75 Å². The Morgan fingerprint density at radius 3 is 2.04 bits per heavy atom. The Morgan fingerprint density at radius 2 is 1.56 bits per heavy atom. The lowest BCUT2D eigenvalue weighted by Crippen LogP contribution is -2.28. The maximum Gasteiger partial charge on any atom is 0.455 e. The number of carbonyl (C=O) groups is 2. The molecule has 2 rings (SSSR count). The third-order valence-electron chi connectivity index (χ3n) is 3.28. The Hall–Kier alpha value is -2.41. The number of ether oxygens (including phenoxy) is 1. The molecule has 0 saturated carbocycles. The molecule has 0 aliphatic heterocycles. The summed E-state index contributed by atoms with van der Waals surface area (Å²) in [6.45, 7) is 0. The minimum Gasteiger partial charge on any atom is -0.497 e. The van der Waals surface area contributed by atoms with E-state index in [9.17, 15) is 22.8 Å². The summed E-state index contributed by atoms with van der Waals surface area (Å²) in [5, 5.41) is 0. The fraction of sp³-hybridized carbons (Fsp3) is 0.111. The average molecular weight is 413 g/mol. The van der Waals surface area contributed by atoms with Crippen LogP contribution < -0.4 is 4.74 Å². The van der Waals surface area contributed by atoms with Crippen LogP contribution in [0.1, 0.15) is 15.9 Å². The van der Waals surface area contributed by atoms with Crippen LogP contribution in [0.2, 0.25) is 0 Å². The third-order valence-corrected chi connectivity index (χ3v) is 3.81. The zero-order chi connectivity index (χ0) is 18.6. The summed E-state index contributed by atoms with van der Waals surface area (Å²) < 4.78 is 44.3. The average Bonchev–Trinajstić information content (AvgIpc) is 2.59. The summed E-state index contributed by atoms with van der Waals surface area (Å²) in [5.41, 5.74) is -0.681. The first-order valence-electron chi connectivity index (χ1n) is 7.00. The number of benzene rings is 2. The second kappa shape index (κ2) is 7.65. The summed E-state index contributed by atoms with van der Waals surface area (Å²) in [6, 6.07) is 11.7. The standard InChI is InChI=1S/C18H12BrF3O3/c1-25-14-8-2-11(3-9-14)10-15(17(24)18(20,21)22)16(23)12-4-6-13(19)7-5-12/h2-10H,1H3/b15-10-. The van der Waals surface area contributed by atoms with E-state index in [0.29, 0.717) is 10.2 Å². The van der Waals surface area contributed by atoms with Gasteiger partial charge in [0, 0.05) is 10.0 Å². The van der Waals surface area contributed by atoms with Crippen molar-refractivity contribution in [3.05, 3.63) is 69.7 Å². The minimum atomic E-state index is -5.15. The second-order valence-electron chi connectivity index (χ2n) is 4.99. The molecule has 0 unspecified atom stereocenters. The molecule has 0 aliphatic carbocycles. The summed E-state index contributed by atoms with van der Waals surface area (Å²) >= 11 is 3.17. The van der Waals surface area contributed by atoms with E-state index in [4.69, 9.17) is 4.74 Å². The van der Waals surface area contributed by atoms with E-state index in [1.165, 1.54) is 55.6 Å². The van der Waals surface area contributed by atoms with E-state index in [-0.39, 0.29) is 11.1 Å². The van der Waals surface area contributed by atoms with Gasteiger partial charge >= 0.3 is 6.18 Å². The van der Waals surface area contributed by atoms with Crippen LogP contribution in [-0.4, -0.2) is 24.9 Å². The number of carbonyl (C=O) groups excluding carboxylic acids is 2. The molecule has 0 aromatic heterocycles. The highest BCUT2D eigenvalue weighted by molar-refractivity contribution is 9.10. The van der Waals surface area contributed by atoms with Crippen LogP contribution in [0.3, 0.4) is 0 Å². The molecule has 0 aliphatic rings. The molecule has 2 aromatic carbocycles. The number of allylic oxidation sites excluding steroid dienone is 1. The molecule has 0 amide bonds. The van der Waals surface area contributed by atoms with Crippen molar-refractivity contribution < 1.29 is 27.5 Å². The lowest BCUT2D eigenvalue weighted by atomic mass is 9.97. The smallest absolute Gasteiger partial charge is 0.455 e. The van der Waals surface area contributed by atoms with E-state index in [1.54, 1.807) is 0 Å². The first-order chi connectivity index (χ1) is 11.7. The zero-order valence-corrected chi connectivity index (χ0v) is 14.5. The highest BCUT2D eigenvalue weighted by atomic mass is 79.9. The highest BCUT2D eigenvalue weighted by Crippen LogP contribution is 2.26. The van der Waals surface area contributed by atoms with Crippen LogP contribution in [0.4, 0.5) is 13.2 Å². The number of halogens is 4. The number of Topliss-reactive ketones (excluding diaryl/α,β-unsaturated/α-hetero) is 2. The van der Waals surface area contributed by atoms with E-state index in [1.807, 2.05) is 0 Å². The topological polar surface area (TPSA) is 43.4 Å². The van der Waals surface area contributed by atoms with Gasteiger partial charge < -0.3 is 4.74 Å². The van der Waals surface area contributed by atoms with Crippen LogP contribution in [0, 0.1) is 0 Å². The lowest BCUT2D eigenvalue weighted by molar-refractivity contribution is -0.166. The molecular formula is C18H12BrF3O3. The summed E-state index contributed by atoms with van der Waals surface area (Å²) in [6.07, 6.45) is -4.22. The van der Waals surface area contributed by atoms with Gasteiger partial charge in [-0.3, -0.25) is 9.59 Å². The van der Waals surface area contributed by atoms with Crippen molar-refractivity contribution in [3.8, 4) is 5.75 Å². The van der Waals surface area contributed by atoms with Crippen molar-refractivity contribution in [1.29, 1.82) is 0 Å². The van der Waals surface area contributed by atoms with E-state index in [0.717, 1.165) is 6.08 Å². The van der Waals surface area contributed by atoms with Crippen LogP contribution in [0.15, 0.2) is 58.6 Å². The third kappa shape index (κ3) is 4.79. The molecule has 25 heavy (non-hydrogen) atoms. The number of hydrogen-bond donors (Lipinski definition) is 0. The maximum absolute atomic E-state index is 12.9. The van der Waals surface area contributed by atoms with Crippen molar-refractivity contribution in [2.24, 2.45) is 0 Å². The Balaban J connectivity index is 2.48. The number of hydrogen-bond acceptors (Lipinski definition) is 3. The Kier molecular flexibility index (Phi) is 5.79. The summed E-state index contributed by atoms with van der Waals surface area (Å²) in [5.74, 6) is -2.68. The van der Waals surface area contributed by atoms with E-state index < -0.39 is 23.3 Å². The summed E-state index contributed by atoms with van der Waals surface area (Å²) in [4.78, 5) is 24.2. The van der Waals surface area contributed by atoms with Crippen molar-refractivity contribution in [2.75, 3.05) is 7.11 Å². The molecule has 3 nitrogen and oxygen atoms in total. The lowest BCUT2D eigenvalue weighted by Gasteiger charge is -2.09. The van der Waals surface area contributed by atoms with E-state index in [2.05, 4.69) is 15.9 Å². The largest absolute Gasteiger partial charge is 0.497 e. The monoisotopic (exact) mass is 412 g/mol. The molecule has 7 heteroatoms. The quantitative estimate of drug-likeness (QED) is 0.305. The number of ketones is 2. The maximum atomic E-state index is 12.9. The van der Waals surface area contributed by atoms with Crippen molar-refractivity contribution in [2.45, 2.75) is 6.18 Å². The molecule has 0 N–H and O–H groups in total. The van der Waals surface area contributed by atoms with Gasteiger partial charge in [-0.25, -0.2) is 0 Å². The van der Waals surface area contributed by atoms with Gasteiger partial charge in [0.05, 0.1) is 12.7 Å². The van der Waals surface area contributed by atoms with Gasteiger partial charge in [0.2, 0.25) is 0 Å². The van der Waals surface area contributed by atoms with Gasteiger partial charge in [-0.2, -0.15) is 13.2 Å². The van der Waals surface area contributed by atoms with Gasteiger partial charge in [0.15, 0.2) is 5.78 Å². The first kappa shape index (κ1) is 18.9. The predicted octanol–water partition coefficient (Wildman–Crippen LogP) is 4.86. The molecule has 0 heterocycles. The number of alkyl halides is 3. The van der Waals surface area contributed by atoms with Crippen LogP contribution in [-0.2, 0) is 4.79 Å². The zero-order valence-electron chi connectivity index (χ0n) is 12.9. The number of rotatable bonds is 5. The number of methoxy groups -OCH3 is 1. The highest BCUT2D eigenvalue weighted by Gasteiger charge is 2.43. The van der Waals surface area contributed by atoms with Gasteiger partial charge in [0.25, 0.3) is 5.78 Å². The van der Waals surface area contributed by atoms with Gasteiger partial charge in [-0.1, -0.05) is 28.1 Å². The molecule has 0 bridgehead atoms. The normalized spacial score (nSPS) is 12.0. The van der Waals surface area contributed by atoms with Crippen molar-refractivity contribution in [3.63, 3.8) is 0 Å².